The molecule has 1 N–H and O–H groups in total. The van der Waals surface area contributed by atoms with Gasteiger partial charge in [0.25, 0.3) is 5.76 Å². The molecular formula is C13H12ClF2NS2. The van der Waals surface area contributed by atoms with Gasteiger partial charge in [0, 0.05) is 15.5 Å². The van der Waals surface area contributed by atoms with E-state index in [1.807, 2.05) is 25.1 Å². The highest BCUT2D eigenvalue weighted by atomic mass is 35.5. The van der Waals surface area contributed by atoms with E-state index >= 15 is 0 Å². The van der Waals surface area contributed by atoms with Crippen molar-refractivity contribution in [3.05, 3.63) is 45.6 Å². The third-order valence-electron chi connectivity index (χ3n) is 2.50. The molecule has 1 aromatic heterocycles. The lowest BCUT2D eigenvalue weighted by atomic mass is 10.2. The monoisotopic (exact) mass is 319 g/mol. The quantitative estimate of drug-likeness (QED) is 0.690. The van der Waals surface area contributed by atoms with E-state index in [-0.39, 0.29) is 6.04 Å². The van der Waals surface area contributed by atoms with Gasteiger partial charge in [0.05, 0.1) is 10.4 Å². The van der Waals surface area contributed by atoms with Crippen molar-refractivity contribution >= 4 is 40.4 Å². The Kier molecular flexibility index (Phi) is 5.07. The smallest absolute Gasteiger partial charge is 0.288 e. The molecule has 1 nitrogen and oxygen atoms in total. The fraction of sp³-hybridized carbons (Fsp3) is 0.231. The van der Waals surface area contributed by atoms with E-state index in [0.717, 1.165) is 9.21 Å². The number of benzene rings is 1. The number of para-hydroxylation sites is 1. The molecule has 0 spiro atoms. The number of hydrogen-bond acceptors (Lipinski definition) is 3. The van der Waals surface area contributed by atoms with Crippen molar-refractivity contribution in [2.45, 2.75) is 23.6 Å². The Morgan fingerprint density at radius 3 is 2.58 bits per heavy atom. The van der Waals surface area contributed by atoms with Gasteiger partial charge in [-0.1, -0.05) is 35.5 Å². The minimum atomic E-state index is -2.42. The lowest BCUT2D eigenvalue weighted by molar-refractivity contribution is 0.252. The molecule has 0 radical (unpaired) electrons. The molecule has 0 saturated carbocycles. The molecule has 0 aliphatic carbocycles. The molecule has 0 amide bonds. The van der Waals surface area contributed by atoms with Gasteiger partial charge in [0.2, 0.25) is 0 Å². The van der Waals surface area contributed by atoms with Crippen LogP contribution < -0.4 is 5.32 Å². The first kappa shape index (κ1) is 14.6. The zero-order valence-electron chi connectivity index (χ0n) is 10.1. The van der Waals surface area contributed by atoms with Crippen LogP contribution in [0.25, 0.3) is 0 Å². The Labute approximate surface area is 124 Å². The largest absolute Gasteiger partial charge is 0.377 e. The summed E-state index contributed by atoms with van der Waals surface area (Å²) >= 11 is 7.93. The van der Waals surface area contributed by atoms with Gasteiger partial charge in [-0.25, -0.2) is 0 Å². The number of alkyl halides is 2. The van der Waals surface area contributed by atoms with Crippen molar-refractivity contribution < 1.29 is 8.78 Å². The number of halogens is 3. The Morgan fingerprint density at radius 1 is 1.21 bits per heavy atom. The van der Waals surface area contributed by atoms with Crippen LogP contribution in [0.4, 0.5) is 14.5 Å². The highest BCUT2D eigenvalue weighted by Gasteiger charge is 2.13. The van der Waals surface area contributed by atoms with Crippen molar-refractivity contribution in [1.82, 2.24) is 0 Å². The zero-order valence-corrected chi connectivity index (χ0v) is 12.5. The molecular weight excluding hydrogens is 308 g/mol. The molecule has 1 heterocycles. The van der Waals surface area contributed by atoms with Crippen LogP contribution in [0, 0.1) is 0 Å². The lowest BCUT2D eigenvalue weighted by Gasteiger charge is -2.16. The standard InChI is InChI=1S/C13H12ClF2NS2/c1-8(10-6-7-12(14)18-10)17-9-4-2-3-5-11(9)19-13(15)16/h2-8,13,17H,1H3. The van der Waals surface area contributed by atoms with Gasteiger partial charge in [-0.3, -0.25) is 0 Å². The Morgan fingerprint density at radius 2 is 1.95 bits per heavy atom. The average molecular weight is 320 g/mol. The number of anilines is 1. The van der Waals surface area contributed by atoms with Crippen LogP contribution in [-0.2, 0) is 0 Å². The maximum Gasteiger partial charge on any atom is 0.288 e. The summed E-state index contributed by atoms with van der Waals surface area (Å²) in [6, 6.07) is 10.9. The van der Waals surface area contributed by atoms with Crippen LogP contribution in [0.15, 0.2) is 41.3 Å². The van der Waals surface area contributed by atoms with E-state index in [1.165, 1.54) is 11.3 Å². The molecule has 1 aromatic carbocycles. The molecule has 0 saturated heterocycles. The summed E-state index contributed by atoms with van der Waals surface area (Å²) in [4.78, 5) is 1.62. The summed E-state index contributed by atoms with van der Waals surface area (Å²) < 4.78 is 25.7. The Bertz CT molecular complexity index is 545. The number of thiophene rings is 1. The summed E-state index contributed by atoms with van der Waals surface area (Å²) in [5.74, 6) is -2.42. The maximum absolute atomic E-state index is 12.5. The Balaban J connectivity index is 2.14. The summed E-state index contributed by atoms with van der Waals surface area (Å²) in [5, 5.41) is 3.24. The lowest BCUT2D eigenvalue weighted by Crippen LogP contribution is -2.05. The minimum absolute atomic E-state index is 0.0249. The molecule has 0 bridgehead atoms. The summed E-state index contributed by atoms with van der Waals surface area (Å²) in [6.07, 6.45) is 0. The average Bonchev–Trinajstić information content (AvgIpc) is 2.78. The van der Waals surface area contributed by atoms with Gasteiger partial charge in [0.1, 0.15) is 0 Å². The third kappa shape index (κ3) is 4.09. The SMILES string of the molecule is CC(Nc1ccccc1SC(F)F)c1ccc(Cl)s1. The molecule has 1 atom stereocenters. The van der Waals surface area contributed by atoms with Crippen molar-refractivity contribution in [2.24, 2.45) is 0 Å². The number of rotatable bonds is 5. The van der Waals surface area contributed by atoms with Crippen LogP contribution in [0.1, 0.15) is 17.8 Å². The van der Waals surface area contributed by atoms with Gasteiger partial charge in [0.15, 0.2) is 0 Å². The first-order valence-corrected chi connectivity index (χ1v) is 7.69. The highest BCUT2D eigenvalue weighted by molar-refractivity contribution is 7.99. The van der Waals surface area contributed by atoms with Crippen LogP contribution in [-0.4, -0.2) is 5.76 Å². The molecule has 19 heavy (non-hydrogen) atoms. The topological polar surface area (TPSA) is 12.0 Å². The predicted molar refractivity (Wildman–Crippen MR) is 79.7 cm³/mol. The summed E-state index contributed by atoms with van der Waals surface area (Å²) in [7, 11) is 0. The molecule has 2 rings (SSSR count). The Hall–Kier alpha value is -0.780. The second-order valence-electron chi connectivity index (χ2n) is 3.88. The number of hydrogen-bond donors (Lipinski definition) is 1. The van der Waals surface area contributed by atoms with Crippen molar-refractivity contribution in [3.63, 3.8) is 0 Å². The van der Waals surface area contributed by atoms with Gasteiger partial charge < -0.3 is 5.32 Å². The second-order valence-corrected chi connectivity index (χ2v) is 6.66. The summed E-state index contributed by atoms with van der Waals surface area (Å²) in [5.41, 5.74) is 0.713. The van der Waals surface area contributed by atoms with Gasteiger partial charge in [-0.15, -0.1) is 11.3 Å². The van der Waals surface area contributed by atoms with Crippen molar-refractivity contribution in [1.29, 1.82) is 0 Å². The highest BCUT2D eigenvalue weighted by Crippen LogP contribution is 2.35. The molecule has 0 aliphatic rings. The predicted octanol–water partition coefficient (Wildman–Crippen LogP) is 5.89. The zero-order chi connectivity index (χ0) is 13.8. The molecule has 1 unspecified atom stereocenters. The molecule has 102 valence electrons. The van der Waals surface area contributed by atoms with Gasteiger partial charge in [-0.2, -0.15) is 8.78 Å². The van der Waals surface area contributed by atoms with E-state index in [9.17, 15) is 8.78 Å². The molecule has 2 aromatic rings. The van der Waals surface area contributed by atoms with E-state index < -0.39 is 5.76 Å². The molecule has 6 heteroatoms. The van der Waals surface area contributed by atoms with E-state index in [2.05, 4.69) is 5.32 Å². The number of nitrogens with one attached hydrogen (secondary N) is 1. The molecule has 0 aliphatic heterocycles. The van der Waals surface area contributed by atoms with Crippen molar-refractivity contribution in [3.8, 4) is 0 Å². The fourth-order valence-corrected chi connectivity index (χ4v) is 3.32. The molecule has 0 fully saturated rings. The van der Waals surface area contributed by atoms with Gasteiger partial charge in [-0.05, 0) is 31.2 Å². The van der Waals surface area contributed by atoms with E-state index in [0.29, 0.717) is 22.3 Å². The summed E-state index contributed by atoms with van der Waals surface area (Å²) in [6.45, 7) is 1.98. The first-order chi connectivity index (χ1) is 9.06. The van der Waals surface area contributed by atoms with E-state index in [1.54, 1.807) is 18.2 Å². The van der Waals surface area contributed by atoms with Crippen LogP contribution in [0.5, 0.6) is 0 Å². The van der Waals surface area contributed by atoms with Crippen molar-refractivity contribution in [2.75, 3.05) is 5.32 Å². The van der Waals surface area contributed by atoms with E-state index in [4.69, 9.17) is 11.6 Å². The van der Waals surface area contributed by atoms with Crippen LogP contribution in [0.2, 0.25) is 4.34 Å². The van der Waals surface area contributed by atoms with Crippen LogP contribution >= 0.6 is 34.7 Å². The maximum atomic E-state index is 12.5. The normalized spacial score (nSPS) is 12.7. The second kappa shape index (κ2) is 6.59. The fourth-order valence-electron chi connectivity index (χ4n) is 1.65. The van der Waals surface area contributed by atoms with Gasteiger partial charge >= 0.3 is 0 Å². The van der Waals surface area contributed by atoms with Crippen LogP contribution in [0.3, 0.4) is 0 Å². The number of thioether (sulfide) groups is 1. The third-order valence-corrected chi connectivity index (χ3v) is 4.70. The minimum Gasteiger partial charge on any atom is -0.377 e. The first-order valence-electron chi connectivity index (χ1n) is 5.62.